The summed E-state index contributed by atoms with van der Waals surface area (Å²) in [5, 5.41) is 3.85. The van der Waals surface area contributed by atoms with Crippen LogP contribution >= 0.6 is 0 Å². The third kappa shape index (κ3) is 2.74. The van der Waals surface area contributed by atoms with Crippen LogP contribution in [0.4, 0.5) is 15.8 Å². The molecule has 0 aliphatic heterocycles. The number of halogens is 1. The number of fused-ring (bicyclic) bond motifs is 1. The first kappa shape index (κ1) is 14.0. The number of ether oxygens (including phenoxy) is 1. The summed E-state index contributed by atoms with van der Waals surface area (Å²) in [6.45, 7) is 0. The van der Waals surface area contributed by atoms with Crippen molar-refractivity contribution in [2.75, 3.05) is 12.4 Å². The van der Waals surface area contributed by atoms with E-state index in [1.54, 1.807) is 36.5 Å². The number of benzene rings is 2. The molecular formula is C17H13FN2O2. The number of esters is 1. The second-order valence-electron chi connectivity index (χ2n) is 4.72. The number of nitrogens with one attached hydrogen (secondary N) is 1. The SMILES string of the molecule is COC(=O)c1cccc(Nc2ccnc3ccc(F)cc23)c1. The molecule has 3 rings (SSSR count). The van der Waals surface area contributed by atoms with Gasteiger partial charge in [0.25, 0.3) is 0 Å². The maximum Gasteiger partial charge on any atom is 0.337 e. The molecule has 3 aromatic rings. The van der Waals surface area contributed by atoms with E-state index < -0.39 is 5.97 Å². The summed E-state index contributed by atoms with van der Waals surface area (Å²) in [7, 11) is 1.33. The number of pyridine rings is 1. The largest absolute Gasteiger partial charge is 0.465 e. The summed E-state index contributed by atoms with van der Waals surface area (Å²) in [5.41, 5.74) is 2.55. The van der Waals surface area contributed by atoms with E-state index in [0.717, 1.165) is 0 Å². The first-order valence-electron chi connectivity index (χ1n) is 6.67. The molecule has 0 amide bonds. The Labute approximate surface area is 126 Å². The lowest BCUT2D eigenvalue weighted by Crippen LogP contribution is -2.02. The average molecular weight is 296 g/mol. The van der Waals surface area contributed by atoms with Crippen molar-refractivity contribution in [1.82, 2.24) is 4.98 Å². The number of hydrogen-bond donors (Lipinski definition) is 1. The number of nitrogens with zero attached hydrogens (tertiary/aromatic N) is 1. The van der Waals surface area contributed by atoms with Gasteiger partial charge >= 0.3 is 5.97 Å². The molecule has 0 radical (unpaired) electrons. The van der Waals surface area contributed by atoms with Gasteiger partial charge in [-0.25, -0.2) is 9.18 Å². The fourth-order valence-electron chi connectivity index (χ4n) is 2.22. The predicted molar refractivity (Wildman–Crippen MR) is 82.8 cm³/mol. The second kappa shape index (κ2) is 5.81. The highest BCUT2D eigenvalue weighted by Crippen LogP contribution is 2.26. The molecule has 0 aliphatic carbocycles. The molecule has 5 heteroatoms. The molecule has 110 valence electrons. The van der Waals surface area contributed by atoms with Gasteiger partial charge in [-0.3, -0.25) is 4.98 Å². The van der Waals surface area contributed by atoms with Crippen LogP contribution < -0.4 is 5.32 Å². The van der Waals surface area contributed by atoms with Crippen molar-refractivity contribution >= 4 is 28.2 Å². The van der Waals surface area contributed by atoms with E-state index in [4.69, 9.17) is 4.74 Å². The summed E-state index contributed by atoms with van der Waals surface area (Å²) >= 11 is 0. The van der Waals surface area contributed by atoms with Gasteiger partial charge in [-0.15, -0.1) is 0 Å². The van der Waals surface area contributed by atoms with Gasteiger partial charge in [-0.05, 0) is 42.5 Å². The molecule has 0 fully saturated rings. The highest BCUT2D eigenvalue weighted by molar-refractivity contribution is 5.94. The van der Waals surface area contributed by atoms with Gasteiger partial charge < -0.3 is 10.1 Å². The Hall–Kier alpha value is -2.95. The van der Waals surface area contributed by atoms with Crippen LogP contribution in [0.15, 0.2) is 54.7 Å². The van der Waals surface area contributed by atoms with E-state index >= 15 is 0 Å². The summed E-state index contributed by atoms with van der Waals surface area (Å²) in [4.78, 5) is 15.8. The third-order valence-corrected chi connectivity index (χ3v) is 3.27. The Morgan fingerprint density at radius 1 is 1.18 bits per heavy atom. The van der Waals surface area contributed by atoms with Gasteiger partial charge in [-0.2, -0.15) is 0 Å². The highest BCUT2D eigenvalue weighted by Gasteiger charge is 2.07. The number of hydrogen-bond acceptors (Lipinski definition) is 4. The lowest BCUT2D eigenvalue weighted by Gasteiger charge is -2.10. The molecule has 0 atom stereocenters. The Morgan fingerprint density at radius 3 is 2.86 bits per heavy atom. The minimum Gasteiger partial charge on any atom is -0.465 e. The van der Waals surface area contributed by atoms with Gasteiger partial charge in [0.05, 0.1) is 18.2 Å². The quantitative estimate of drug-likeness (QED) is 0.745. The number of carbonyl (C=O) groups excluding carboxylic acids is 1. The summed E-state index contributed by atoms with van der Waals surface area (Å²) < 4.78 is 18.2. The molecule has 0 spiro atoms. The van der Waals surface area contributed by atoms with E-state index in [9.17, 15) is 9.18 Å². The first-order chi connectivity index (χ1) is 10.7. The Bertz CT molecular complexity index is 849. The van der Waals surface area contributed by atoms with Crippen LogP contribution in [0.2, 0.25) is 0 Å². The standard InChI is InChI=1S/C17H13FN2O2/c1-22-17(21)11-3-2-4-13(9-11)20-16-7-8-19-15-6-5-12(18)10-14(15)16/h2-10H,1H3,(H,19,20). The zero-order chi connectivity index (χ0) is 15.5. The Kier molecular flexibility index (Phi) is 3.70. The van der Waals surface area contributed by atoms with Gasteiger partial charge in [0.2, 0.25) is 0 Å². The number of anilines is 2. The van der Waals surface area contributed by atoms with Crippen molar-refractivity contribution in [3.8, 4) is 0 Å². The minimum absolute atomic E-state index is 0.327. The lowest BCUT2D eigenvalue weighted by atomic mass is 10.1. The topological polar surface area (TPSA) is 51.2 Å². The van der Waals surface area contributed by atoms with Crippen LogP contribution in [0.5, 0.6) is 0 Å². The molecule has 0 unspecified atom stereocenters. The van der Waals surface area contributed by atoms with Crippen LogP contribution in [-0.2, 0) is 4.74 Å². The molecule has 4 nitrogen and oxygen atoms in total. The van der Waals surface area contributed by atoms with Crippen molar-refractivity contribution in [1.29, 1.82) is 0 Å². The molecule has 1 aromatic heterocycles. The van der Waals surface area contributed by atoms with E-state index in [0.29, 0.717) is 27.8 Å². The fourth-order valence-corrected chi connectivity index (χ4v) is 2.22. The zero-order valence-corrected chi connectivity index (χ0v) is 11.8. The van der Waals surface area contributed by atoms with Gasteiger partial charge in [-0.1, -0.05) is 6.07 Å². The van der Waals surface area contributed by atoms with Crippen LogP contribution in [-0.4, -0.2) is 18.1 Å². The third-order valence-electron chi connectivity index (χ3n) is 3.27. The Balaban J connectivity index is 2.00. The van der Waals surface area contributed by atoms with Crippen molar-refractivity contribution in [2.45, 2.75) is 0 Å². The normalized spacial score (nSPS) is 10.5. The fraction of sp³-hybridized carbons (Fsp3) is 0.0588. The van der Waals surface area contributed by atoms with Crippen molar-refractivity contribution < 1.29 is 13.9 Å². The number of carbonyl (C=O) groups is 1. The van der Waals surface area contributed by atoms with Crippen LogP contribution in [0.25, 0.3) is 10.9 Å². The average Bonchev–Trinajstić information content (AvgIpc) is 2.55. The maximum absolute atomic E-state index is 13.5. The lowest BCUT2D eigenvalue weighted by molar-refractivity contribution is 0.0601. The minimum atomic E-state index is -0.408. The summed E-state index contributed by atoms with van der Waals surface area (Å²) in [6, 6.07) is 13.1. The van der Waals surface area contributed by atoms with E-state index in [2.05, 4.69) is 10.3 Å². The van der Waals surface area contributed by atoms with Crippen LogP contribution in [0.1, 0.15) is 10.4 Å². The van der Waals surface area contributed by atoms with Crippen LogP contribution in [0.3, 0.4) is 0 Å². The summed E-state index contributed by atoms with van der Waals surface area (Å²) in [5.74, 6) is -0.735. The molecule has 22 heavy (non-hydrogen) atoms. The number of aromatic nitrogens is 1. The maximum atomic E-state index is 13.5. The van der Waals surface area contributed by atoms with E-state index in [-0.39, 0.29) is 5.82 Å². The molecule has 0 saturated carbocycles. The highest BCUT2D eigenvalue weighted by atomic mass is 19.1. The zero-order valence-electron chi connectivity index (χ0n) is 11.8. The van der Waals surface area contributed by atoms with Crippen LogP contribution in [0, 0.1) is 5.82 Å². The molecule has 2 aromatic carbocycles. The number of methoxy groups -OCH3 is 1. The predicted octanol–water partition coefficient (Wildman–Crippen LogP) is 3.90. The van der Waals surface area contributed by atoms with Crippen molar-refractivity contribution in [3.63, 3.8) is 0 Å². The monoisotopic (exact) mass is 296 g/mol. The second-order valence-corrected chi connectivity index (χ2v) is 4.72. The summed E-state index contributed by atoms with van der Waals surface area (Å²) in [6.07, 6.45) is 1.65. The van der Waals surface area contributed by atoms with Gasteiger partial charge in [0.15, 0.2) is 0 Å². The Morgan fingerprint density at radius 2 is 2.05 bits per heavy atom. The van der Waals surface area contributed by atoms with Gasteiger partial charge in [0, 0.05) is 23.0 Å². The first-order valence-corrected chi connectivity index (χ1v) is 6.67. The number of rotatable bonds is 3. The molecule has 1 N–H and O–H groups in total. The van der Waals surface area contributed by atoms with Gasteiger partial charge in [0.1, 0.15) is 5.82 Å². The van der Waals surface area contributed by atoms with Crippen molar-refractivity contribution in [2.24, 2.45) is 0 Å². The van der Waals surface area contributed by atoms with Crippen molar-refractivity contribution in [3.05, 3.63) is 66.1 Å². The van der Waals surface area contributed by atoms with E-state index in [1.807, 2.05) is 6.07 Å². The van der Waals surface area contributed by atoms with E-state index in [1.165, 1.54) is 19.2 Å². The molecule has 0 aliphatic rings. The smallest absolute Gasteiger partial charge is 0.337 e. The molecular weight excluding hydrogens is 283 g/mol. The molecule has 1 heterocycles. The molecule has 0 saturated heterocycles. The molecule has 0 bridgehead atoms.